The average molecular weight is 361 g/mol. The number of hydrogen-bond donors (Lipinski definition) is 1. The molecular weight excluding hydrogens is 338 g/mol. The van der Waals surface area contributed by atoms with Crippen LogP contribution < -0.4 is 14.8 Å². The molecule has 0 heterocycles. The number of benzene rings is 3. The normalized spacial score (nSPS) is 11.5. The smallest absolute Gasteiger partial charge is 0.252 e. The molecule has 0 bridgehead atoms. The van der Waals surface area contributed by atoms with Crippen molar-refractivity contribution in [3.8, 4) is 11.5 Å². The van der Waals surface area contributed by atoms with Gasteiger partial charge in [0, 0.05) is 5.56 Å². The molecule has 0 aliphatic heterocycles. The highest BCUT2D eigenvalue weighted by atomic mass is 16.5. The molecule has 27 heavy (non-hydrogen) atoms. The molecular formula is C23H23NO3. The Kier molecular flexibility index (Phi) is 6.10. The summed E-state index contributed by atoms with van der Waals surface area (Å²) in [6.45, 7) is 2.57. The Morgan fingerprint density at radius 1 is 0.852 bits per heavy atom. The van der Waals surface area contributed by atoms with Crippen molar-refractivity contribution in [1.29, 1.82) is 0 Å². The van der Waals surface area contributed by atoms with Crippen LogP contribution in [0.2, 0.25) is 0 Å². The van der Waals surface area contributed by atoms with Crippen LogP contribution in [0.15, 0.2) is 78.9 Å². The van der Waals surface area contributed by atoms with Crippen LogP contribution in [0.3, 0.4) is 0 Å². The highest BCUT2D eigenvalue weighted by molar-refractivity contribution is 5.94. The Bertz CT molecular complexity index is 858. The Labute approximate surface area is 159 Å². The van der Waals surface area contributed by atoms with Gasteiger partial charge >= 0.3 is 0 Å². The van der Waals surface area contributed by atoms with Crippen LogP contribution in [0, 0.1) is 0 Å². The molecule has 0 aromatic heterocycles. The lowest BCUT2D eigenvalue weighted by Crippen LogP contribution is -2.29. The van der Waals surface area contributed by atoms with E-state index in [0.29, 0.717) is 12.2 Å². The van der Waals surface area contributed by atoms with Gasteiger partial charge in [0.2, 0.25) is 0 Å². The van der Waals surface area contributed by atoms with Crippen molar-refractivity contribution in [3.63, 3.8) is 0 Å². The van der Waals surface area contributed by atoms with Crippen LogP contribution in [-0.4, -0.2) is 19.6 Å². The van der Waals surface area contributed by atoms with Crippen molar-refractivity contribution >= 4 is 5.91 Å². The van der Waals surface area contributed by atoms with Gasteiger partial charge in [0.05, 0.1) is 19.8 Å². The van der Waals surface area contributed by atoms with Crippen molar-refractivity contribution in [2.24, 2.45) is 0 Å². The summed E-state index contributed by atoms with van der Waals surface area (Å²) in [6, 6.07) is 24.4. The van der Waals surface area contributed by atoms with E-state index in [4.69, 9.17) is 9.47 Å². The molecule has 138 valence electrons. The molecule has 1 amide bonds. The van der Waals surface area contributed by atoms with E-state index in [9.17, 15) is 4.79 Å². The third kappa shape index (κ3) is 4.67. The lowest BCUT2D eigenvalue weighted by Gasteiger charge is -2.20. The summed E-state index contributed by atoms with van der Waals surface area (Å²) in [5, 5.41) is 3.13. The van der Waals surface area contributed by atoms with Gasteiger partial charge in [-0.3, -0.25) is 4.79 Å². The Hall–Kier alpha value is -3.27. The van der Waals surface area contributed by atoms with Gasteiger partial charge in [-0.15, -0.1) is 0 Å². The van der Waals surface area contributed by atoms with Crippen LogP contribution in [0.5, 0.6) is 11.5 Å². The largest absolute Gasteiger partial charge is 0.497 e. The summed E-state index contributed by atoms with van der Waals surface area (Å²) in [7, 11) is 1.64. The molecule has 3 rings (SSSR count). The van der Waals surface area contributed by atoms with Crippen LogP contribution in [0.1, 0.15) is 34.5 Å². The van der Waals surface area contributed by atoms with E-state index in [-0.39, 0.29) is 11.9 Å². The predicted octanol–water partition coefficient (Wildman–Crippen LogP) is 4.61. The first-order chi connectivity index (χ1) is 13.2. The van der Waals surface area contributed by atoms with Crippen molar-refractivity contribution < 1.29 is 14.3 Å². The standard InChI is InChI=1S/C23H23NO3/c1-3-27-21-15-11-18(12-16-21)22(17-9-13-20(26-2)14-10-17)24-23(25)19-7-5-4-6-8-19/h4-16,22H,3H2,1-2H3,(H,24,25). The van der Waals surface area contributed by atoms with Gasteiger partial charge < -0.3 is 14.8 Å². The van der Waals surface area contributed by atoms with Gasteiger partial charge in [-0.2, -0.15) is 0 Å². The fourth-order valence-corrected chi connectivity index (χ4v) is 2.88. The van der Waals surface area contributed by atoms with Crippen LogP contribution in [-0.2, 0) is 0 Å². The molecule has 0 saturated heterocycles. The zero-order valence-electron chi connectivity index (χ0n) is 15.5. The van der Waals surface area contributed by atoms with Crippen molar-refractivity contribution in [3.05, 3.63) is 95.6 Å². The van der Waals surface area contributed by atoms with Crippen molar-refractivity contribution in [2.75, 3.05) is 13.7 Å². The monoisotopic (exact) mass is 361 g/mol. The maximum atomic E-state index is 12.7. The summed E-state index contributed by atoms with van der Waals surface area (Å²) >= 11 is 0. The van der Waals surface area contributed by atoms with E-state index in [2.05, 4.69) is 5.32 Å². The third-order valence-corrected chi connectivity index (χ3v) is 4.28. The summed E-state index contributed by atoms with van der Waals surface area (Å²) in [6.07, 6.45) is 0. The number of carbonyl (C=O) groups excluding carboxylic acids is 1. The average Bonchev–Trinajstić information content (AvgIpc) is 2.73. The van der Waals surface area contributed by atoms with Gasteiger partial charge in [0.1, 0.15) is 11.5 Å². The lowest BCUT2D eigenvalue weighted by atomic mass is 9.98. The zero-order chi connectivity index (χ0) is 19.1. The zero-order valence-corrected chi connectivity index (χ0v) is 15.5. The van der Waals surface area contributed by atoms with E-state index in [1.54, 1.807) is 19.2 Å². The van der Waals surface area contributed by atoms with E-state index in [1.807, 2.05) is 73.7 Å². The first-order valence-corrected chi connectivity index (χ1v) is 8.94. The number of ether oxygens (including phenoxy) is 2. The second kappa shape index (κ2) is 8.90. The van der Waals surface area contributed by atoms with Gasteiger partial charge in [-0.1, -0.05) is 42.5 Å². The molecule has 0 fully saturated rings. The van der Waals surface area contributed by atoms with Crippen molar-refractivity contribution in [2.45, 2.75) is 13.0 Å². The van der Waals surface area contributed by atoms with Crippen LogP contribution in [0.4, 0.5) is 0 Å². The van der Waals surface area contributed by atoms with E-state index in [0.717, 1.165) is 22.6 Å². The number of rotatable bonds is 7. The number of methoxy groups -OCH3 is 1. The second-order valence-electron chi connectivity index (χ2n) is 6.05. The van der Waals surface area contributed by atoms with Crippen molar-refractivity contribution in [1.82, 2.24) is 5.32 Å². The molecule has 0 spiro atoms. The summed E-state index contributed by atoms with van der Waals surface area (Å²) in [5.41, 5.74) is 2.58. The molecule has 0 saturated carbocycles. The van der Waals surface area contributed by atoms with Gasteiger partial charge in [0.15, 0.2) is 0 Å². The molecule has 0 aliphatic carbocycles. The van der Waals surface area contributed by atoms with E-state index < -0.39 is 0 Å². The molecule has 1 atom stereocenters. The highest BCUT2D eigenvalue weighted by Gasteiger charge is 2.18. The first-order valence-electron chi connectivity index (χ1n) is 8.94. The molecule has 1 unspecified atom stereocenters. The van der Waals surface area contributed by atoms with Crippen LogP contribution >= 0.6 is 0 Å². The highest BCUT2D eigenvalue weighted by Crippen LogP contribution is 2.26. The van der Waals surface area contributed by atoms with E-state index >= 15 is 0 Å². The van der Waals surface area contributed by atoms with Gasteiger partial charge in [-0.05, 0) is 54.4 Å². The number of carbonyl (C=O) groups is 1. The van der Waals surface area contributed by atoms with E-state index in [1.165, 1.54) is 0 Å². The second-order valence-corrected chi connectivity index (χ2v) is 6.05. The summed E-state index contributed by atoms with van der Waals surface area (Å²) in [5.74, 6) is 1.47. The SMILES string of the molecule is CCOc1ccc(C(NC(=O)c2ccccc2)c2ccc(OC)cc2)cc1. The topological polar surface area (TPSA) is 47.6 Å². The number of amides is 1. The first kappa shape index (κ1) is 18.5. The Morgan fingerprint density at radius 3 is 1.93 bits per heavy atom. The lowest BCUT2D eigenvalue weighted by molar-refractivity contribution is 0.0943. The molecule has 0 radical (unpaired) electrons. The summed E-state index contributed by atoms with van der Waals surface area (Å²) < 4.78 is 10.8. The van der Waals surface area contributed by atoms with Crippen LogP contribution in [0.25, 0.3) is 0 Å². The predicted molar refractivity (Wildman–Crippen MR) is 106 cm³/mol. The molecule has 4 heteroatoms. The fraction of sp³-hybridized carbons (Fsp3) is 0.174. The Balaban J connectivity index is 1.91. The Morgan fingerprint density at radius 2 is 1.41 bits per heavy atom. The quantitative estimate of drug-likeness (QED) is 0.668. The third-order valence-electron chi connectivity index (χ3n) is 4.28. The van der Waals surface area contributed by atoms with Gasteiger partial charge in [0.25, 0.3) is 5.91 Å². The number of hydrogen-bond acceptors (Lipinski definition) is 3. The fourth-order valence-electron chi connectivity index (χ4n) is 2.88. The maximum Gasteiger partial charge on any atom is 0.252 e. The minimum Gasteiger partial charge on any atom is -0.497 e. The minimum absolute atomic E-state index is 0.120. The molecule has 3 aromatic carbocycles. The number of nitrogens with one attached hydrogen (secondary N) is 1. The van der Waals surface area contributed by atoms with Gasteiger partial charge in [-0.25, -0.2) is 0 Å². The molecule has 1 N–H and O–H groups in total. The summed E-state index contributed by atoms with van der Waals surface area (Å²) in [4.78, 5) is 12.7. The minimum atomic E-state index is -0.278. The molecule has 3 aromatic rings. The maximum absolute atomic E-state index is 12.7. The molecule has 0 aliphatic rings. The molecule has 4 nitrogen and oxygen atoms in total.